The van der Waals surface area contributed by atoms with Gasteiger partial charge in [-0.15, -0.1) is 11.8 Å². The van der Waals surface area contributed by atoms with E-state index in [1.165, 1.54) is 0 Å². The Balaban J connectivity index is 1.57. The lowest BCUT2D eigenvalue weighted by Gasteiger charge is -2.23. The van der Waals surface area contributed by atoms with E-state index in [0.29, 0.717) is 18.2 Å². The van der Waals surface area contributed by atoms with E-state index in [-0.39, 0.29) is 23.8 Å². The average Bonchev–Trinajstić information content (AvgIpc) is 3.22. The molecule has 106 valence electrons. The molecule has 2 fully saturated rings. The van der Waals surface area contributed by atoms with Crippen molar-refractivity contribution in [1.82, 2.24) is 15.2 Å². The fraction of sp³-hybridized carbons (Fsp3) is 0.500. The Kier molecular flexibility index (Phi) is 3.91. The maximum atomic E-state index is 12.2. The van der Waals surface area contributed by atoms with Crippen molar-refractivity contribution < 1.29 is 9.59 Å². The maximum absolute atomic E-state index is 12.2. The Morgan fingerprint density at radius 1 is 1.35 bits per heavy atom. The second-order valence-electron chi connectivity index (χ2n) is 5.17. The number of aromatic nitrogens is 1. The van der Waals surface area contributed by atoms with Crippen molar-refractivity contribution in [3.63, 3.8) is 0 Å². The number of carbonyl (C=O) groups excluding carboxylic acids is 2. The van der Waals surface area contributed by atoms with Gasteiger partial charge in [0.1, 0.15) is 6.04 Å². The number of nitrogens with zero attached hydrogens (tertiary/aromatic N) is 2. The average molecular weight is 291 g/mol. The van der Waals surface area contributed by atoms with Crippen LogP contribution in [0.15, 0.2) is 24.5 Å². The minimum Gasteiger partial charge on any atom is -0.350 e. The van der Waals surface area contributed by atoms with Gasteiger partial charge in [0.05, 0.1) is 5.88 Å². The summed E-state index contributed by atoms with van der Waals surface area (Å²) in [6.45, 7) is 0.480. The minimum absolute atomic E-state index is 0.0548. The third-order valence-corrected chi connectivity index (χ3v) is 4.62. The third kappa shape index (κ3) is 2.95. The highest BCUT2D eigenvalue weighted by Crippen LogP contribution is 2.34. The molecule has 20 heavy (non-hydrogen) atoms. The summed E-state index contributed by atoms with van der Waals surface area (Å²) >= 11 is 1.65. The van der Waals surface area contributed by atoms with Gasteiger partial charge in [-0.3, -0.25) is 14.6 Å². The molecule has 0 aromatic carbocycles. The van der Waals surface area contributed by atoms with E-state index in [0.717, 1.165) is 18.4 Å². The first-order valence-electron chi connectivity index (χ1n) is 6.80. The number of nitrogens with one attached hydrogen (secondary N) is 1. The van der Waals surface area contributed by atoms with Crippen molar-refractivity contribution in [2.75, 3.05) is 11.6 Å². The van der Waals surface area contributed by atoms with Crippen LogP contribution in [0.5, 0.6) is 0 Å². The molecule has 3 rings (SSSR count). The number of hydrogen-bond acceptors (Lipinski definition) is 4. The van der Waals surface area contributed by atoms with Gasteiger partial charge in [0, 0.05) is 30.6 Å². The Morgan fingerprint density at radius 3 is 2.80 bits per heavy atom. The Morgan fingerprint density at radius 2 is 2.10 bits per heavy atom. The minimum atomic E-state index is -0.310. The van der Waals surface area contributed by atoms with E-state index in [1.54, 1.807) is 29.1 Å². The van der Waals surface area contributed by atoms with Crippen LogP contribution in [0.1, 0.15) is 18.4 Å². The molecule has 1 N–H and O–H groups in total. The molecule has 2 amide bonds. The van der Waals surface area contributed by atoms with Crippen molar-refractivity contribution in [2.24, 2.45) is 5.92 Å². The zero-order valence-electron chi connectivity index (χ0n) is 11.1. The molecule has 0 radical (unpaired) electrons. The van der Waals surface area contributed by atoms with Gasteiger partial charge in [0.25, 0.3) is 0 Å². The van der Waals surface area contributed by atoms with Crippen molar-refractivity contribution in [1.29, 1.82) is 0 Å². The van der Waals surface area contributed by atoms with Crippen molar-refractivity contribution in [3.05, 3.63) is 30.1 Å². The first-order valence-corrected chi connectivity index (χ1v) is 7.96. The van der Waals surface area contributed by atoms with Crippen LogP contribution in [0.4, 0.5) is 0 Å². The zero-order chi connectivity index (χ0) is 13.9. The van der Waals surface area contributed by atoms with E-state index >= 15 is 0 Å². The number of rotatable bonds is 4. The third-order valence-electron chi connectivity index (χ3n) is 3.61. The number of amides is 2. The molecule has 2 aliphatic rings. The van der Waals surface area contributed by atoms with Crippen molar-refractivity contribution >= 4 is 23.6 Å². The molecule has 1 saturated carbocycles. The molecule has 1 aliphatic heterocycles. The van der Waals surface area contributed by atoms with Gasteiger partial charge in [0.2, 0.25) is 11.8 Å². The molecular weight excluding hydrogens is 274 g/mol. The fourth-order valence-corrected chi connectivity index (χ4v) is 3.41. The van der Waals surface area contributed by atoms with E-state index in [9.17, 15) is 9.59 Å². The molecule has 5 nitrogen and oxygen atoms in total. The molecule has 1 atom stereocenters. The van der Waals surface area contributed by atoms with Crippen LogP contribution in [0.2, 0.25) is 0 Å². The van der Waals surface area contributed by atoms with Crippen LogP contribution in [-0.4, -0.2) is 39.4 Å². The Labute approximate surface area is 122 Å². The van der Waals surface area contributed by atoms with Gasteiger partial charge in [0.15, 0.2) is 0 Å². The topological polar surface area (TPSA) is 62.3 Å². The molecule has 1 aromatic rings. The van der Waals surface area contributed by atoms with Crippen molar-refractivity contribution in [3.8, 4) is 0 Å². The highest BCUT2D eigenvalue weighted by Gasteiger charge is 2.41. The first kappa shape index (κ1) is 13.4. The van der Waals surface area contributed by atoms with Crippen LogP contribution in [0.25, 0.3) is 0 Å². The zero-order valence-corrected chi connectivity index (χ0v) is 11.9. The lowest BCUT2D eigenvalue weighted by Crippen LogP contribution is -2.47. The maximum Gasteiger partial charge on any atom is 0.243 e. The van der Waals surface area contributed by atoms with Gasteiger partial charge in [-0.25, -0.2) is 0 Å². The SMILES string of the molecule is O=C(NCc1ccncc1)[C@@H]1CSCN1C(=O)C1CC1. The second kappa shape index (κ2) is 5.83. The summed E-state index contributed by atoms with van der Waals surface area (Å²) in [4.78, 5) is 30.0. The molecule has 6 heteroatoms. The summed E-state index contributed by atoms with van der Waals surface area (Å²) < 4.78 is 0. The number of carbonyl (C=O) groups is 2. The molecule has 0 unspecified atom stereocenters. The normalized spacial score (nSPS) is 21.8. The van der Waals surface area contributed by atoms with E-state index in [4.69, 9.17) is 0 Å². The Hall–Kier alpha value is -1.56. The molecule has 1 aliphatic carbocycles. The van der Waals surface area contributed by atoms with Crippen LogP contribution in [0, 0.1) is 5.92 Å². The summed E-state index contributed by atoms with van der Waals surface area (Å²) in [6.07, 6.45) is 5.36. The van der Waals surface area contributed by atoms with Gasteiger partial charge in [-0.1, -0.05) is 0 Å². The quantitative estimate of drug-likeness (QED) is 0.899. The standard InChI is InChI=1S/C14H17N3O2S/c18-13(16-7-10-3-5-15-6-4-10)12-8-20-9-17(12)14(19)11-1-2-11/h3-6,11-12H,1-2,7-9H2,(H,16,18)/t12-/m0/s1. The van der Waals surface area contributed by atoms with Gasteiger partial charge < -0.3 is 10.2 Å². The summed E-state index contributed by atoms with van der Waals surface area (Å²) in [5.74, 6) is 1.60. The van der Waals surface area contributed by atoms with Crippen LogP contribution in [-0.2, 0) is 16.1 Å². The van der Waals surface area contributed by atoms with Gasteiger partial charge in [-0.05, 0) is 30.5 Å². The Bertz CT molecular complexity index is 504. The lowest BCUT2D eigenvalue weighted by molar-refractivity contribution is -0.139. The monoisotopic (exact) mass is 291 g/mol. The fourth-order valence-electron chi connectivity index (χ4n) is 2.25. The molecule has 0 bridgehead atoms. The largest absolute Gasteiger partial charge is 0.350 e. The van der Waals surface area contributed by atoms with E-state index in [1.807, 2.05) is 12.1 Å². The van der Waals surface area contributed by atoms with E-state index in [2.05, 4.69) is 10.3 Å². The summed E-state index contributed by atoms with van der Waals surface area (Å²) in [5.41, 5.74) is 1.01. The molecule has 2 heterocycles. The molecule has 1 saturated heterocycles. The second-order valence-corrected chi connectivity index (χ2v) is 6.17. The lowest BCUT2D eigenvalue weighted by atomic mass is 10.2. The summed E-state index contributed by atoms with van der Waals surface area (Å²) in [5, 5.41) is 2.91. The number of thioether (sulfide) groups is 1. The van der Waals surface area contributed by atoms with Crippen LogP contribution in [0.3, 0.4) is 0 Å². The van der Waals surface area contributed by atoms with E-state index < -0.39 is 0 Å². The highest BCUT2D eigenvalue weighted by molar-refractivity contribution is 7.99. The number of pyridine rings is 1. The molecule has 1 aromatic heterocycles. The van der Waals surface area contributed by atoms with Gasteiger partial charge >= 0.3 is 0 Å². The number of hydrogen-bond donors (Lipinski definition) is 1. The summed E-state index contributed by atoms with van der Waals surface area (Å²) in [6, 6.07) is 3.43. The smallest absolute Gasteiger partial charge is 0.243 e. The van der Waals surface area contributed by atoms with Crippen LogP contribution >= 0.6 is 11.8 Å². The molecular formula is C14H17N3O2S. The predicted octanol–water partition coefficient (Wildman–Crippen LogP) is 1.01. The highest BCUT2D eigenvalue weighted by atomic mass is 32.2. The van der Waals surface area contributed by atoms with Gasteiger partial charge in [-0.2, -0.15) is 0 Å². The summed E-state index contributed by atoms with van der Waals surface area (Å²) in [7, 11) is 0. The predicted molar refractivity (Wildman–Crippen MR) is 76.8 cm³/mol. The first-order chi connectivity index (χ1) is 9.75. The van der Waals surface area contributed by atoms with Crippen molar-refractivity contribution in [2.45, 2.75) is 25.4 Å². The molecule has 0 spiro atoms. The van der Waals surface area contributed by atoms with Crippen LogP contribution < -0.4 is 5.32 Å².